The number of carbonyl (C=O) groups is 1. The lowest BCUT2D eigenvalue weighted by atomic mass is 10.3. The van der Waals surface area contributed by atoms with E-state index in [4.69, 9.17) is 9.15 Å². The molecular formula is C9H13NO3. The summed E-state index contributed by atoms with van der Waals surface area (Å²) in [5.41, 5.74) is 0. The maximum absolute atomic E-state index is 11.0. The van der Waals surface area contributed by atoms with E-state index in [9.17, 15) is 4.79 Å². The second kappa shape index (κ2) is 4.54. The fraction of sp³-hybridized carbons (Fsp3) is 0.444. The number of furan rings is 1. The van der Waals surface area contributed by atoms with E-state index in [1.54, 1.807) is 25.3 Å². The fourth-order valence-electron chi connectivity index (χ4n) is 0.958. The summed E-state index contributed by atoms with van der Waals surface area (Å²) in [5.74, 6) is 0.716. The summed E-state index contributed by atoms with van der Waals surface area (Å²) in [4.78, 5) is 11.0. The molecule has 4 heteroatoms. The molecule has 1 aromatic rings. The maximum atomic E-state index is 11.0. The first kappa shape index (κ1) is 9.64. The van der Waals surface area contributed by atoms with Crippen molar-refractivity contribution in [1.29, 1.82) is 0 Å². The Morgan fingerprint density at radius 3 is 3.08 bits per heavy atom. The van der Waals surface area contributed by atoms with E-state index in [-0.39, 0.29) is 6.04 Å². The van der Waals surface area contributed by atoms with Gasteiger partial charge in [-0.15, -0.1) is 0 Å². The van der Waals surface area contributed by atoms with Crippen LogP contribution >= 0.6 is 0 Å². The Balaban J connectivity index is 2.42. The summed E-state index contributed by atoms with van der Waals surface area (Å²) in [6.45, 7) is 3.96. The Kier molecular flexibility index (Phi) is 3.37. The average Bonchev–Trinajstić information content (AvgIpc) is 2.55. The third-order valence-electron chi connectivity index (χ3n) is 1.58. The predicted molar refractivity (Wildman–Crippen MR) is 47.3 cm³/mol. The molecular weight excluding hydrogens is 170 g/mol. The molecule has 1 aromatic heterocycles. The van der Waals surface area contributed by atoms with Gasteiger partial charge in [0.05, 0.1) is 18.9 Å². The van der Waals surface area contributed by atoms with Gasteiger partial charge in [0.25, 0.3) is 0 Å². The highest BCUT2D eigenvalue weighted by Crippen LogP contribution is 2.11. The third-order valence-corrected chi connectivity index (χ3v) is 1.58. The Hall–Kier alpha value is -1.45. The minimum atomic E-state index is -0.425. The summed E-state index contributed by atoms with van der Waals surface area (Å²) in [6, 6.07) is 3.42. The van der Waals surface area contributed by atoms with E-state index in [0.717, 1.165) is 0 Å². The van der Waals surface area contributed by atoms with Gasteiger partial charge in [-0.2, -0.15) is 0 Å². The van der Waals surface area contributed by atoms with Crippen LogP contribution in [0, 0.1) is 0 Å². The smallest absolute Gasteiger partial charge is 0.407 e. The van der Waals surface area contributed by atoms with Crippen molar-refractivity contribution in [1.82, 2.24) is 5.32 Å². The zero-order valence-electron chi connectivity index (χ0n) is 7.74. The average molecular weight is 183 g/mol. The summed E-state index contributed by atoms with van der Waals surface area (Å²) in [6.07, 6.45) is 1.14. The molecule has 0 spiro atoms. The van der Waals surface area contributed by atoms with Crippen LogP contribution in [0.2, 0.25) is 0 Å². The van der Waals surface area contributed by atoms with Crippen molar-refractivity contribution in [2.45, 2.75) is 19.9 Å². The summed E-state index contributed by atoms with van der Waals surface area (Å²) >= 11 is 0. The first-order chi connectivity index (χ1) is 6.24. The van der Waals surface area contributed by atoms with Gasteiger partial charge in [0, 0.05) is 0 Å². The Morgan fingerprint density at radius 2 is 2.54 bits per heavy atom. The Morgan fingerprint density at radius 1 is 1.77 bits per heavy atom. The van der Waals surface area contributed by atoms with E-state index in [1.807, 2.05) is 6.92 Å². The molecule has 0 saturated heterocycles. The number of hydrogen-bond acceptors (Lipinski definition) is 3. The van der Waals surface area contributed by atoms with Crippen LogP contribution in [0.1, 0.15) is 25.6 Å². The molecule has 72 valence electrons. The molecule has 0 aliphatic carbocycles. The van der Waals surface area contributed by atoms with Crippen molar-refractivity contribution in [3.8, 4) is 0 Å². The highest BCUT2D eigenvalue weighted by Gasteiger charge is 2.11. The zero-order chi connectivity index (χ0) is 9.68. The zero-order valence-corrected chi connectivity index (χ0v) is 7.74. The van der Waals surface area contributed by atoms with E-state index in [1.165, 1.54) is 0 Å². The number of carbonyl (C=O) groups excluding carboxylic acids is 1. The highest BCUT2D eigenvalue weighted by atomic mass is 16.5. The van der Waals surface area contributed by atoms with Gasteiger partial charge in [-0.1, -0.05) is 0 Å². The molecule has 1 N–H and O–H groups in total. The molecule has 1 rings (SSSR count). The second-order valence-electron chi connectivity index (χ2n) is 2.60. The predicted octanol–water partition coefficient (Wildman–Crippen LogP) is 2.09. The number of alkyl carbamates (subject to hydrolysis) is 1. The molecule has 0 saturated carbocycles. The Bertz CT molecular complexity index is 256. The van der Waals surface area contributed by atoms with Crippen LogP contribution in [0.15, 0.2) is 22.8 Å². The Labute approximate surface area is 76.9 Å². The number of amides is 1. The molecule has 0 aromatic carbocycles. The van der Waals surface area contributed by atoms with Crippen LogP contribution in [0.4, 0.5) is 4.79 Å². The lowest BCUT2D eigenvalue weighted by molar-refractivity contribution is 0.147. The molecule has 0 fully saturated rings. The van der Waals surface area contributed by atoms with Crippen LogP contribution in [-0.4, -0.2) is 12.7 Å². The number of hydrogen-bond donors (Lipinski definition) is 1. The molecule has 0 aliphatic heterocycles. The van der Waals surface area contributed by atoms with Gasteiger partial charge >= 0.3 is 6.09 Å². The minimum Gasteiger partial charge on any atom is -0.467 e. The summed E-state index contributed by atoms with van der Waals surface area (Å²) < 4.78 is 9.82. The van der Waals surface area contributed by atoms with Crippen molar-refractivity contribution in [3.63, 3.8) is 0 Å². The monoisotopic (exact) mass is 183 g/mol. The van der Waals surface area contributed by atoms with Crippen LogP contribution in [0.5, 0.6) is 0 Å². The second-order valence-corrected chi connectivity index (χ2v) is 2.60. The SMILES string of the molecule is CCOC(=O)N[C@@H](C)c1ccco1. The van der Waals surface area contributed by atoms with Gasteiger partial charge in [0.1, 0.15) is 5.76 Å². The third kappa shape index (κ3) is 2.82. The molecule has 4 nitrogen and oxygen atoms in total. The van der Waals surface area contributed by atoms with E-state index < -0.39 is 6.09 Å². The van der Waals surface area contributed by atoms with Crippen molar-refractivity contribution in [3.05, 3.63) is 24.2 Å². The molecule has 1 amide bonds. The largest absolute Gasteiger partial charge is 0.467 e. The van der Waals surface area contributed by atoms with Gasteiger partial charge < -0.3 is 14.5 Å². The molecule has 0 unspecified atom stereocenters. The van der Waals surface area contributed by atoms with Crippen LogP contribution < -0.4 is 5.32 Å². The number of nitrogens with one attached hydrogen (secondary N) is 1. The van der Waals surface area contributed by atoms with Gasteiger partial charge in [-0.05, 0) is 26.0 Å². The highest BCUT2D eigenvalue weighted by molar-refractivity contribution is 5.67. The van der Waals surface area contributed by atoms with E-state index in [0.29, 0.717) is 12.4 Å². The normalized spacial score (nSPS) is 12.2. The minimum absolute atomic E-state index is 0.158. The summed E-state index contributed by atoms with van der Waals surface area (Å²) in [7, 11) is 0. The molecule has 13 heavy (non-hydrogen) atoms. The van der Waals surface area contributed by atoms with Crippen molar-refractivity contribution < 1.29 is 13.9 Å². The molecule has 0 radical (unpaired) electrons. The van der Waals surface area contributed by atoms with Gasteiger partial charge in [-0.25, -0.2) is 4.79 Å². The molecule has 0 bridgehead atoms. The van der Waals surface area contributed by atoms with Crippen molar-refractivity contribution >= 4 is 6.09 Å². The van der Waals surface area contributed by atoms with Crippen molar-refractivity contribution in [2.75, 3.05) is 6.61 Å². The van der Waals surface area contributed by atoms with Gasteiger partial charge in [-0.3, -0.25) is 0 Å². The number of rotatable bonds is 3. The standard InChI is InChI=1S/C9H13NO3/c1-3-12-9(11)10-7(2)8-5-4-6-13-8/h4-7H,3H2,1-2H3,(H,10,11)/t7-/m0/s1. The summed E-state index contributed by atoms with van der Waals surface area (Å²) in [5, 5.41) is 2.63. The topological polar surface area (TPSA) is 51.5 Å². The molecule has 1 atom stereocenters. The van der Waals surface area contributed by atoms with E-state index >= 15 is 0 Å². The van der Waals surface area contributed by atoms with Gasteiger partial charge in [0.2, 0.25) is 0 Å². The van der Waals surface area contributed by atoms with Crippen LogP contribution in [0.25, 0.3) is 0 Å². The van der Waals surface area contributed by atoms with E-state index in [2.05, 4.69) is 5.32 Å². The quantitative estimate of drug-likeness (QED) is 0.780. The van der Waals surface area contributed by atoms with Crippen LogP contribution in [-0.2, 0) is 4.74 Å². The lowest BCUT2D eigenvalue weighted by Gasteiger charge is -2.10. The van der Waals surface area contributed by atoms with Crippen LogP contribution in [0.3, 0.4) is 0 Å². The first-order valence-corrected chi connectivity index (χ1v) is 4.20. The van der Waals surface area contributed by atoms with Gasteiger partial charge in [0.15, 0.2) is 0 Å². The number of ether oxygens (including phenoxy) is 1. The molecule has 1 heterocycles. The lowest BCUT2D eigenvalue weighted by Crippen LogP contribution is -2.26. The van der Waals surface area contributed by atoms with Crippen molar-refractivity contribution in [2.24, 2.45) is 0 Å². The molecule has 0 aliphatic rings. The first-order valence-electron chi connectivity index (χ1n) is 4.20. The maximum Gasteiger partial charge on any atom is 0.407 e. The fourth-order valence-corrected chi connectivity index (χ4v) is 0.958.